The summed E-state index contributed by atoms with van der Waals surface area (Å²) in [5.74, 6) is 0.909. The van der Waals surface area contributed by atoms with E-state index in [2.05, 4.69) is 23.3 Å². The van der Waals surface area contributed by atoms with Crippen molar-refractivity contribution in [1.29, 1.82) is 0 Å². The Balaban J connectivity index is 1.68. The van der Waals surface area contributed by atoms with Crippen LogP contribution >= 0.6 is 0 Å². The summed E-state index contributed by atoms with van der Waals surface area (Å²) < 4.78 is 0. The minimum absolute atomic E-state index is 0.780. The lowest BCUT2D eigenvalue weighted by Crippen LogP contribution is -2.30. The Morgan fingerprint density at radius 3 is 2.75 bits per heavy atom. The van der Waals surface area contributed by atoms with E-state index >= 15 is 0 Å². The van der Waals surface area contributed by atoms with Crippen molar-refractivity contribution in [1.82, 2.24) is 4.90 Å². The van der Waals surface area contributed by atoms with Gasteiger partial charge in [-0.1, -0.05) is 0 Å². The quantitative estimate of drug-likeness (QED) is 0.638. The minimum Gasteiger partial charge on any atom is -0.385 e. The number of hydrogen-bond donors (Lipinski definition) is 1. The van der Waals surface area contributed by atoms with E-state index in [4.69, 9.17) is 0 Å². The van der Waals surface area contributed by atoms with Crippen molar-refractivity contribution in [2.24, 2.45) is 5.92 Å². The minimum atomic E-state index is 0.780. The molecule has 0 spiro atoms. The standard InChI is InChI=1S/C17H26N2O/c1-14-12-17(6-5-16(14)13-20)18-9-3-4-15-7-10-19(2)11-8-15/h5-6,12-13,15,18H,3-4,7-11H2,1-2H3. The van der Waals surface area contributed by atoms with Gasteiger partial charge < -0.3 is 10.2 Å². The van der Waals surface area contributed by atoms with Crippen LogP contribution in [0.5, 0.6) is 0 Å². The molecule has 1 saturated heterocycles. The third kappa shape index (κ3) is 4.34. The first-order valence-electron chi connectivity index (χ1n) is 7.67. The Bertz CT molecular complexity index is 437. The highest BCUT2D eigenvalue weighted by Crippen LogP contribution is 2.21. The number of hydrogen-bond acceptors (Lipinski definition) is 3. The lowest BCUT2D eigenvalue weighted by Gasteiger charge is -2.28. The van der Waals surface area contributed by atoms with Crippen LogP contribution < -0.4 is 5.32 Å². The van der Waals surface area contributed by atoms with E-state index in [-0.39, 0.29) is 0 Å². The predicted octanol–water partition coefficient (Wildman–Crippen LogP) is 3.34. The number of anilines is 1. The highest BCUT2D eigenvalue weighted by molar-refractivity contribution is 5.78. The summed E-state index contributed by atoms with van der Waals surface area (Å²) in [6, 6.07) is 5.94. The number of rotatable bonds is 6. The van der Waals surface area contributed by atoms with Crippen LogP contribution in [0.1, 0.15) is 41.6 Å². The van der Waals surface area contributed by atoms with Gasteiger partial charge in [-0.05, 0) is 82.4 Å². The van der Waals surface area contributed by atoms with Gasteiger partial charge >= 0.3 is 0 Å². The van der Waals surface area contributed by atoms with Crippen LogP contribution in [0.4, 0.5) is 5.69 Å². The number of aldehydes is 1. The Hall–Kier alpha value is -1.35. The average Bonchev–Trinajstić information content (AvgIpc) is 2.46. The first-order chi connectivity index (χ1) is 9.69. The molecule has 1 N–H and O–H groups in total. The van der Waals surface area contributed by atoms with E-state index in [1.165, 1.54) is 38.8 Å². The molecule has 1 aromatic carbocycles. The summed E-state index contributed by atoms with van der Waals surface area (Å²) in [7, 11) is 2.21. The highest BCUT2D eigenvalue weighted by Gasteiger charge is 2.15. The van der Waals surface area contributed by atoms with Crippen LogP contribution in [-0.2, 0) is 0 Å². The third-order valence-corrected chi connectivity index (χ3v) is 4.35. The van der Waals surface area contributed by atoms with E-state index < -0.39 is 0 Å². The van der Waals surface area contributed by atoms with Crippen molar-refractivity contribution in [2.75, 3.05) is 32.0 Å². The molecule has 0 radical (unpaired) electrons. The molecule has 2 rings (SSSR count). The fraction of sp³-hybridized carbons (Fsp3) is 0.588. The van der Waals surface area contributed by atoms with Gasteiger partial charge in [-0.15, -0.1) is 0 Å². The van der Waals surface area contributed by atoms with Crippen LogP contribution in [0.15, 0.2) is 18.2 Å². The second-order valence-electron chi connectivity index (χ2n) is 6.00. The second kappa shape index (κ2) is 7.44. The molecule has 0 unspecified atom stereocenters. The van der Waals surface area contributed by atoms with Gasteiger partial charge in [-0.3, -0.25) is 4.79 Å². The monoisotopic (exact) mass is 274 g/mol. The topological polar surface area (TPSA) is 32.3 Å². The van der Waals surface area contributed by atoms with E-state index in [1.54, 1.807) is 0 Å². The molecule has 1 aliphatic rings. The van der Waals surface area contributed by atoms with Gasteiger partial charge in [0.1, 0.15) is 6.29 Å². The molecule has 3 heteroatoms. The SMILES string of the molecule is Cc1cc(NCCCC2CCN(C)CC2)ccc1C=O. The maximum absolute atomic E-state index is 10.8. The number of nitrogens with one attached hydrogen (secondary N) is 1. The van der Waals surface area contributed by atoms with Gasteiger partial charge in [0.05, 0.1) is 0 Å². The Kier molecular flexibility index (Phi) is 5.60. The van der Waals surface area contributed by atoms with Gasteiger partial charge in [0, 0.05) is 17.8 Å². The molecule has 20 heavy (non-hydrogen) atoms. The maximum atomic E-state index is 10.8. The Labute approximate surface area is 122 Å². The molecule has 0 bridgehead atoms. The molecule has 3 nitrogen and oxygen atoms in total. The lowest BCUT2D eigenvalue weighted by atomic mass is 9.92. The molecule has 0 atom stereocenters. The van der Waals surface area contributed by atoms with Crippen LogP contribution in [-0.4, -0.2) is 37.9 Å². The molecule has 0 amide bonds. The van der Waals surface area contributed by atoms with Crippen molar-refractivity contribution in [2.45, 2.75) is 32.6 Å². The van der Waals surface area contributed by atoms with E-state index in [1.807, 2.05) is 19.1 Å². The number of carbonyl (C=O) groups is 1. The highest BCUT2D eigenvalue weighted by atomic mass is 16.1. The Morgan fingerprint density at radius 2 is 2.10 bits per heavy atom. The molecular formula is C17H26N2O. The Morgan fingerprint density at radius 1 is 1.35 bits per heavy atom. The zero-order valence-electron chi connectivity index (χ0n) is 12.7. The summed E-state index contributed by atoms with van der Waals surface area (Å²) in [6.07, 6.45) is 6.17. The summed E-state index contributed by atoms with van der Waals surface area (Å²) in [6.45, 7) is 5.51. The van der Waals surface area contributed by atoms with Crippen molar-refractivity contribution < 1.29 is 4.79 Å². The van der Waals surface area contributed by atoms with E-state index in [0.717, 1.165) is 35.6 Å². The van der Waals surface area contributed by atoms with Crippen LogP contribution in [0, 0.1) is 12.8 Å². The van der Waals surface area contributed by atoms with Gasteiger partial charge in [0.25, 0.3) is 0 Å². The number of carbonyl (C=O) groups excluding carboxylic acids is 1. The van der Waals surface area contributed by atoms with E-state index in [0.29, 0.717) is 0 Å². The number of piperidine rings is 1. The first-order valence-corrected chi connectivity index (χ1v) is 7.67. The molecular weight excluding hydrogens is 248 g/mol. The fourth-order valence-corrected chi connectivity index (χ4v) is 2.89. The van der Waals surface area contributed by atoms with Crippen molar-refractivity contribution in [3.63, 3.8) is 0 Å². The molecule has 1 aromatic rings. The molecule has 0 aliphatic carbocycles. The third-order valence-electron chi connectivity index (χ3n) is 4.35. The van der Waals surface area contributed by atoms with E-state index in [9.17, 15) is 4.79 Å². The number of benzene rings is 1. The number of nitrogens with zero attached hydrogens (tertiary/aromatic N) is 1. The normalized spacial score (nSPS) is 17.1. The molecule has 1 heterocycles. The first kappa shape index (κ1) is 15.0. The van der Waals surface area contributed by atoms with Gasteiger partial charge in [-0.2, -0.15) is 0 Å². The largest absolute Gasteiger partial charge is 0.385 e. The fourth-order valence-electron chi connectivity index (χ4n) is 2.89. The maximum Gasteiger partial charge on any atom is 0.150 e. The zero-order valence-corrected chi connectivity index (χ0v) is 12.7. The summed E-state index contributed by atoms with van der Waals surface area (Å²) in [5.41, 5.74) is 2.94. The molecule has 110 valence electrons. The molecule has 0 saturated carbocycles. The molecule has 1 aliphatic heterocycles. The average molecular weight is 274 g/mol. The molecule has 0 aromatic heterocycles. The second-order valence-corrected chi connectivity index (χ2v) is 6.00. The van der Waals surface area contributed by atoms with Crippen molar-refractivity contribution in [3.05, 3.63) is 29.3 Å². The van der Waals surface area contributed by atoms with Crippen molar-refractivity contribution in [3.8, 4) is 0 Å². The summed E-state index contributed by atoms with van der Waals surface area (Å²) >= 11 is 0. The zero-order chi connectivity index (χ0) is 14.4. The van der Waals surface area contributed by atoms with Gasteiger partial charge in [0.15, 0.2) is 0 Å². The number of likely N-dealkylation sites (tertiary alicyclic amines) is 1. The predicted molar refractivity (Wildman–Crippen MR) is 84.5 cm³/mol. The lowest BCUT2D eigenvalue weighted by molar-refractivity contribution is 0.112. The van der Waals surface area contributed by atoms with Crippen LogP contribution in [0.2, 0.25) is 0 Å². The van der Waals surface area contributed by atoms with Crippen molar-refractivity contribution >= 4 is 12.0 Å². The summed E-state index contributed by atoms with van der Waals surface area (Å²) in [4.78, 5) is 13.2. The van der Waals surface area contributed by atoms with Gasteiger partial charge in [0.2, 0.25) is 0 Å². The van der Waals surface area contributed by atoms with Crippen LogP contribution in [0.3, 0.4) is 0 Å². The summed E-state index contributed by atoms with van der Waals surface area (Å²) in [5, 5.41) is 3.46. The van der Waals surface area contributed by atoms with Crippen LogP contribution in [0.25, 0.3) is 0 Å². The van der Waals surface area contributed by atoms with Gasteiger partial charge in [-0.25, -0.2) is 0 Å². The number of aryl methyl sites for hydroxylation is 1. The molecule has 1 fully saturated rings. The smallest absolute Gasteiger partial charge is 0.150 e.